The number of hydrogen-bond acceptors (Lipinski definition) is 9. The normalized spacial score (nSPS) is 22.7. The molecule has 168 valence electrons. The highest BCUT2D eigenvalue weighted by molar-refractivity contribution is 7.99. The fraction of sp³-hybridized carbons (Fsp3) is 0.429. The lowest BCUT2D eigenvalue weighted by Crippen LogP contribution is -2.50. The van der Waals surface area contributed by atoms with Crippen molar-refractivity contribution in [2.45, 2.75) is 41.8 Å². The van der Waals surface area contributed by atoms with Crippen molar-refractivity contribution in [3.63, 3.8) is 0 Å². The number of rotatable bonds is 3. The van der Waals surface area contributed by atoms with Crippen molar-refractivity contribution in [2.24, 2.45) is 11.1 Å². The Hall–Kier alpha value is -1.91. The summed E-state index contributed by atoms with van der Waals surface area (Å²) in [5, 5.41) is 1.23. The highest BCUT2D eigenvalue weighted by Crippen LogP contribution is 2.42. The quantitative estimate of drug-likeness (QED) is 0.527. The van der Waals surface area contributed by atoms with Gasteiger partial charge in [-0.2, -0.15) is 0 Å². The number of anilines is 2. The van der Waals surface area contributed by atoms with Gasteiger partial charge in [0.15, 0.2) is 10.8 Å². The molecule has 2 aliphatic heterocycles. The number of piperidine rings is 1. The van der Waals surface area contributed by atoms with Crippen molar-refractivity contribution in [2.75, 3.05) is 30.3 Å². The van der Waals surface area contributed by atoms with Gasteiger partial charge in [-0.1, -0.05) is 35.0 Å². The van der Waals surface area contributed by atoms with Crippen LogP contribution in [0.15, 0.2) is 34.3 Å². The minimum Gasteiger partial charge on any atom is -0.384 e. The minimum absolute atomic E-state index is 0.0778. The van der Waals surface area contributed by atoms with Gasteiger partial charge in [0.1, 0.15) is 22.2 Å². The van der Waals surface area contributed by atoms with Crippen LogP contribution in [0, 0.1) is 5.41 Å². The smallest absolute Gasteiger partial charge is 0.179 e. The summed E-state index contributed by atoms with van der Waals surface area (Å²) in [5.74, 6) is 1.15. The molecule has 0 saturated carbocycles. The Bertz CT molecular complexity index is 1170. The van der Waals surface area contributed by atoms with Gasteiger partial charge in [0.25, 0.3) is 0 Å². The molecular formula is C21H23Cl2N7OS. The molecule has 4 N–H and O–H groups in total. The zero-order valence-corrected chi connectivity index (χ0v) is 19.8. The van der Waals surface area contributed by atoms with Gasteiger partial charge in [0.05, 0.1) is 23.9 Å². The molecule has 0 bridgehead atoms. The average molecular weight is 492 g/mol. The second kappa shape index (κ2) is 8.46. The van der Waals surface area contributed by atoms with E-state index in [1.54, 1.807) is 12.3 Å². The van der Waals surface area contributed by atoms with Crippen LogP contribution < -0.4 is 16.4 Å². The summed E-state index contributed by atoms with van der Waals surface area (Å²) in [6.45, 7) is 4.57. The number of nitrogens with zero attached hydrogens (tertiary/aromatic N) is 5. The van der Waals surface area contributed by atoms with Gasteiger partial charge in [-0.05, 0) is 38.0 Å². The van der Waals surface area contributed by atoms with Gasteiger partial charge in [-0.3, -0.25) is 0 Å². The molecule has 2 atom stereocenters. The Balaban J connectivity index is 1.33. The number of pyridine rings is 2. The molecule has 0 aliphatic carbocycles. The lowest BCUT2D eigenvalue weighted by molar-refractivity contribution is 0.0974. The van der Waals surface area contributed by atoms with E-state index in [-0.39, 0.29) is 22.7 Å². The first kappa shape index (κ1) is 21.9. The van der Waals surface area contributed by atoms with Gasteiger partial charge in [-0.15, -0.1) is 0 Å². The summed E-state index contributed by atoms with van der Waals surface area (Å²) in [6, 6.07) is 5.56. The van der Waals surface area contributed by atoms with Gasteiger partial charge >= 0.3 is 0 Å². The highest BCUT2D eigenvalue weighted by Gasteiger charge is 2.47. The molecule has 0 unspecified atom stereocenters. The molecule has 1 spiro atoms. The third kappa shape index (κ3) is 3.97. The lowest BCUT2D eigenvalue weighted by Gasteiger charge is -2.41. The zero-order chi connectivity index (χ0) is 22.5. The van der Waals surface area contributed by atoms with E-state index in [1.165, 1.54) is 11.8 Å². The highest BCUT2D eigenvalue weighted by atomic mass is 35.5. The number of halogens is 2. The summed E-state index contributed by atoms with van der Waals surface area (Å²) < 4.78 is 5.82. The summed E-state index contributed by atoms with van der Waals surface area (Å²) in [4.78, 5) is 20.9. The second-order valence-corrected chi connectivity index (χ2v) is 10.2. The number of nitrogen functional groups attached to an aromatic ring is 1. The molecule has 3 aromatic heterocycles. The predicted molar refractivity (Wildman–Crippen MR) is 127 cm³/mol. The first-order valence-electron chi connectivity index (χ1n) is 10.4. The molecule has 5 rings (SSSR count). The van der Waals surface area contributed by atoms with Crippen molar-refractivity contribution in [1.29, 1.82) is 0 Å². The number of fused-ring (bicyclic) bond motifs is 1. The third-order valence-corrected chi connectivity index (χ3v) is 8.26. The first-order chi connectivity index (χ1) is 15.3. The minimum atomic E-state index is 0.0778. The molecule has 5 heterocycles. The van der Waals surface area contributed by atoms with Crippen LogP contribution in [0.4, 0.5) is 11.6 Å². The third-order valence-electron chi connectivity index (χ3n) is 6.41. The molecule has 0 amide bonds. The summed E-state index contributed by atoms with van der Waals surface area (Å²) in [7, 11) is 0. The predicted octanol–water partition coefficient (Wildman–Crippen LogP) is 3.79. The fourth-order valence-corrected chi connectivity index (χ4v) is 5.75. The van der Waals surface area contributed by atoms with Crippen LogP contribution in [0.2, 0.25) is 10.2 Å². The van der Waals surface area contributed by atoms with Crippen molar-refractivity contribution in [3.05, 3.63) is 34.6 Å². The average Bonchev–Trinajstić information content (AvgIpc) is 3.06. The SMILES string of the molecule is C[C@@H]1OCC2(CCN(c3cnc4nc(Sc5cc(N)nc(Cl)c5Cl)ccc4n3)CC2)[C@@H]1N. The van der Waals surface area contributed by atoms with Gasteiger partial charge in [-0.25, -0.2) is 19.9 Å². The van der Waals surface area contributed by atoms with E-state index >= 15 is 0 Å². The molecule has 32 heavy (non-hydrogen) atoms. The largest absolute Gasteiger partial charge is 0.384 e. The van der Waals surface area contributed by atoms with E-state index in [0.29, 0.717) is 26.4 Å². The van der Waals surface area contributed by atoms with Crippen molar-refractivity contribution >= 4 is 57.8 Å². The van der Waals surface area contributed by atoms with E-state index < -0.39 is 0 Å². The topological polar surface area (TPSA) is 116 Å². The van der Waals surface area contributed by atoms with Crippen LogP contribution in [0.3, 0.4) is 0 Å². The monoisotopic (exact) mass is 491 g/mol. The Labute approximate surface area is 200 Å². The van der Waals surface area contributed by atoms with Crippen molar-refractivity contribution in [3.8, 4) is 0 Å². The van der Waals surface area contributed by atoms with Crippen LogP contribution >= 0.6 is 35.0 Å². The Morgan fingerprint density at radius 1 is 1.19 bits per heavy atom. The Morgan fingerprint density at radius 2 is 1.97 bits per heavy atom. The van der Waals surface area contributed by atoms with E-state index in [2.05, 4.69) is 26.8 Å². The molecule has 0 aromatic carbocycles. The van der Waals surface area contributed by atoms with Crippen LogP contribution in [-0.4, -0.2) is 51.8 Å². The van der Waals surface area contributed by atoms with Crippen molar-refractivity contribution < 1.29 is 4.74 Å². The molecule has 3 aromatic rings. The molecule has 2 aliphatic rings. The number of aromatic nitrogens is 4. The maximum atomic E-state index is 6.43. The Morgan fingerprint density at radius 3 is 2.69 bits per heavy atom. The van der Waals surface area contributed by atoms with E-state index in [9.17, 15) is 0 Å². The van der Waals surface area contributed by atoms with E-state index in [0.717, 1.165) is 43.9 Å². The van der Waals surface area contributed by atoms with E-state index in [4.69, 9.17) is 44.4 Å². The van der Waals surface area contributed by atoms with Gasteiger partial charge in [0, 0.05) is 29.4 Å². The molecular weight excluding hydrogens is 469 g/mol. The number of nitrogens with two attached hydrogens (primary N) is 2. The first-order valence-corrected chi connectivity index (χ1v) is 12.0. The summed E-state index contributed by atoms with van der Waals surface area (Å²) >= 11 is 13.6. The maximum Gasteiger partial charge on any atom is 0.179 e. The molecule has 2 fully saturated rings. The molecule has 11 heteroatoms. The number of ether oxygens (including phenoxy) is 1. The van der Waals surface area contributed by atoms with Crippen LogP contribution in [0.25, 0.3) is 11.2 Å². The molecule has 2 saturated heterocycles. The standard InChI is InChI=1S/C21H23Cl2N7OS/c1-11-18(25)21(10-31-11)4-6-30(7-5-21)15-9-26-20-12(27-15)2-3-16(29-20)32-13-8-14(24)28-19(23)17(13)22/h2-3,8-9,11,18H,4-7,10,25H2,1H3,(H2,24,28)/t11-,18+/m0/s1. The van der Waals surface area contributed by atoms with Crippen molar-refractivity contribution in [1.82, 2.24) is 19.9 Å². The van der Waals surface area contributed by atoms with Crippen LogP contribution in [0.5, 0.6) is 0 Å². The molecule has 8 nitrogen and oxygen atoms in total. The maximum absolute atomic E-state index is 6.43. The Kier molecular flexibility index (Phi) is 5.79. The van der Waals surface area contributed by atoms with Crippen LogP contribution in [-0.2, 0) is 4.74 Å². The zero-order valence-electron chi connectivity index (χ0n) is 17.5. The summed E-state index contributed by atoms with van der Waals surface area (Å²) in [5.41, 5.74) is 13.6. The van der Waals surface area contributed by atoms with Gasteiger partial charge < -0.3 is 21.1 Å². The fourth-order valence-electron chi connectivity index (χ4n) is 4.42. The lowest BCUT2D eigenvalue weighted by atomic mass is 9.73. The van der Waals surface area contributed by atoms with Gasteiger partial charge in [0.2, 0.25) is 0 Å². The summed E-state index contributed by atoms with van der Waals surface area (Å²) in [6.07, 6.45) is 3.88. The van der Waals surface area contributed by atoms with E-state index in [1.807, 2.05) is 12.1 Å². The molecule has 0 radical (unpaired) electrons. The second-order valence-electron chi connectivity index (χ2n) is 8.36. The van der Waals surface area contributed by atoms with Crippen LogP contribution in [0.1, 0.15) is 19.8 Å². The number of hydrogen-bond donors (Lipinski definition) is 2.